The SMILES string of the molecule is CC(C)N(Cc1ccc(S(=O)(=O)NN2CCNCC2)cc1)c1ccc2c3c(cccc13)C(=O)N2. The molecule has 0 radical (unpaired) electrons. The van der Waals surface area contributed by atoms with Gasteiger partial charge in [0.2, 0.25) is 0 Å². The second-order valence-corrected chi connectivity index (χ2v) is 10.7. The van der Waals surface area contributed by atoms with Crippen LogP contribution in [0.15, 0.2) is 59.5 Å². The number of nitrogens with one attached hydrogen (secondary N) is 3. The van der Waals surface area contributed by atoms with Crippen LogP contribution in [0.5, 0.6) is 0 Å². The summed E-state index contributed by atoms with van der Waals surface area (Å²) in [5.74, 6) is -0.0694. The highest BCUT2D eigenvalue weighted by atomic mass is 32.2. The van der Waals surface area contributed by atoms with E-state index < -0.39 is 10.0 Å². The number of hydrazine groups is 1. The van der Waals surface area contributed by atoms with Gasteiger partial charge in [-0.2, -0.15) is 0 Å². The van der Waals surface area contributed by atoms with Crippen molar-refractivity contribution in [1.29, 1.82) is 0 Å². The van der Waals surface area contributed by atoms with Crippen molar-refractivity contribution < 1.29 is 13.2 Å². The van der Waals surface area contributed by atoms with Crippen LogP contribution in [0.1, 0.15) is 29.8 Å². The molecule has 1 amide bonds. The molecule has 2 aliphatic rings. The minimum Gasteiger partial charge on any atom is -0.364 e. The van der Waals surface area contributed by atoms with E-state index >= 15 is 0 Å². The summed E-state index contributed by atoms with van der Waals surface area (Å²) >= 11 is 0. The van der Waals surface area contributed by atoms with Crippen molar-refractivity contribution in [3.63, 3.8) is 0 Å². The average Bonchev–Trinajstić information content (AvgIpc) is 3.15. The van der Waals surface area contributed by atoms with E-state index in [0.29, 0.717) is 25.2 Å². The Bertz CT molecular complexity index is 1330. The normalized spacial score (nSPS) is 16.3. The molecule has 2 aliphatic heterocycles. The molecule has 1 fully saturated rings. The Morgan fingerprint density at radius 1 is 1.03 bits per heavy atom. The number of sulfonamides is 1. The highest BCUT2D eigenvalue weighted by molar-refractivity contribution is 7.89. The zero-order valence-corrected chi connectivity index (χ0v) is 20.2. The van der Waals surface area contributed by atoms with Gasteiger partial charge < -0.3 is 15.5 Å². The summed E-state index contributed by atoms with van der Waals surface area (Å²) in [5.41, 5.74) is 3.59. The van der Waals surface area contributed by atoms with E-state index in [1.807, 2.05) is 42.5 Å². The Labute approximate surface area is 200 Å². The first kappa shape index (κ1) is 22.8. The third kappa shape index (κ3) is 4.27. The fourth-order valence-corrected chi connectivity index (χ4v) is 5.74. The molecule has 0 spiro atoms. The van der Waals surface area contributed by atoms with Gasteiger partial charge in [0, 0.05) is 66.5 Å². The van der Waals surface area contributed by atoms with Crippen molar-refractivity contribution >= 4 is 38.1 Å². The number of anilines is 2. The van der Waals surface area contributed by atoms with Gasteiger partial charge in [0.25, 0.3) is 15.9 Å². The fourth-order valence-electron chi connectivity index (χ4n) is 4.62. The number of carbonyl (C=O) groups is 1. The number of piperazine rings is 1. The Morgan fingerprint density at radius 2 is 1.76 bits per heavy atom. The molecule has 3 aromatic rings. The Kier molecular flexibility index (Phi) is 6.03. The summed E-state index contributed by atoms with van der Waals surface area (Å²) in [5, 5.41) is 9.86. The van der Waals surface area contributed by atoms with Crippen molar-refractivity contribution in [3.05, 3.63) is 65.7 Å². The van der Waals surface area contributed by atoms with Crippen LogP contribution in [-0.4, -0.2) is 51.6 Å². The number of nitrogens with zero attached hydrogens (tertiary/aromatic N) is 2. The van der Waals surface area contributed by atoms with Gasteiger partial charge in [0.05, 0.1) is 4.90 Å². The van der Waals surface area contributed by atoms with Crippen LogP contribution < -0.4 is 20.4 Å². The Morgan fingerprint density at radius 3 is 2.47 bits per heavy atom. The largest absolute Gasteiger partial charge is 0.364 e. The van der Waals surface area contributed by atoms with Crippen LogP contribution in [-0.2, 0) is 16.6 Å². The number of carbonyl (C=O) groups excluding carboxylic acids is 1. The molecule has 0 atom stereocenters. The number of rotatable bonds is 7. The summed E-state index contributed by atoms with van der Waals surface area (Å²) in [6, 6.07) is 17.1. The summed E-state index contributed by atoms with van der Waals surface area (Å²) in [6.45, 7) is 7.66. The molecule has 3 N–H and O–H groups in total. The molecule has 0 unspecified atom stereocenters. The summed E-state index contributed by atoms with van der Waals surface area (Å²) in [7, 11) is -3.61. The lowest BCUT2D eigenvalue weighted by atomic mass is 10.0. The Balaban J connectivity index is 1.40. The van der Waals surface area contributed by atoms with Crippen molar-refractivity contribution in [2.45, 2.75) is 31.3 Å². The molecule has 1 saturated heterocycles. The van der Waals surface area contributed by atoms with E-state index in [2.05, 4.69) is 34.2 Å². The van der Waals surface area contributed by atoms with E-state index in [-0.39, 0.29) is 16.8 Å². The average molecular weight is 480 g/mol. The molecular weight excluding hydrogens is 450 g/mol. The second kappa shape index (κ2) is 8.99. The molecule has 8 nitrogen and oxygen atoms in total. The highest BCUT2D eigenvalue weighted by Gasteiger charge is 2.25. The van der Waals surface area contributed by atoms with Crippen molar-refractivity contribution in [2.24, 2.45) is 0 Å². The number of benzene rings is 3. The summed E-state index contributed by atoms with van der Waals surface area (Å²) in [6.07, 6.45) is 0. The fraction of sp³-hybridized carbons (Fsp3) is 0.320. The van der Waals surface area contributed by atoms with Gasteiger partial charge in [-0.3, -0.25) is 4.79 Å². The zero-order valence-electron chi connectivity index (χ0n) is 19.3. The van der Waals surface area contributed by atoms with Crippen LogP contribution >= 0.6 is 0 Å². The van der Waals surface area contributed by atoms with E-state index in [1.54, 1.807) is 17.1 Å². The van der Waals surface area contributed by atoms with Gasteiger partial charge in [0.15, 0.2) is 0 Å². The first-order chi connectivity index (χ1) is 16.3. The van der Waals surface area contributed by atoms with Gasteiger partial charge in [-0.1, -0.05) is 24.3 Å². The second-order valence-electron chi connectivity index (χ2n) is 9.01. The number of hydrogen-bond acceptors (Lipinski definition) is 6. The lowest BCUT2D eigenvalue weighted by Gasteiger charge is -2.30. The molecule has 3 aromatic carbocycles. The van der Waals surface area contributed by atoms with E-state index in [1.165, 1.54) is 0 Å². The maximum atomic E-state index is 12.8. The van der Waals surface area contributed by atoms with Crippen LogP contribution in [0.2, 0.25) is 0 Å². The third-order valence-electron chi connectivity index (χ3n) is 6.40. The zero-order chi connectivity index (χ0) is 23.9. The molecule has 0 bridgehead atoms. The minimum atomic E-state index is -3.61. The molecule has 0 aromatic heterocycles. The maximum Gasteiger partial charge on any atom is 0.256 e. The summed E-state index contributed by atoms with van der Waals surface area (Å²) in [4.78, 5) is 17.5. The van der Waals surface area contributed by atoms with Gasteiger partial charge >= 0.3 is 0 Å². The molecule has 0 aliphatic carbocycles. The van der Waals surface area contributed by atoms with E-state index in [9.17, 15) is 13.2 Å². The van der Waals surface area contributed by atoms with Crippen molar-refractivity contribution in [1.82, 2.24) is 15.2 Å². The third-order valence-corrected chi connectivity index (χ3v) is 7.79. The minimum absolute atomic E-state index is 0.0694. The number of amides is 1. The lowest BCUT2D eigenvalue weighted by Crippen LogP contribution is -2.52. The van der Waals surface area contributed by atoms with Gasteiger partial charge in [-0.25, -0.2) is 13.4 Å². The molecule has 2 heterocycles. The van der Waals surface area contributed by atoms with Gasteiger partial charge in [-0.05, 0) is 49.7 Å². The quantitative estimate of drug-likeness (QED) is 0.483. The topological polar surface area (TPSA) is 93.8 Å². The lowest BCUT2D eigenvalue weighted by molar-refractivity contribution is 0.103. The smallest absolute Gasteiger partial charge is 0.256 e. The number of hydrogen-bond donors (Lipinski definition) is 3. The predicted octanol–water partition coefficient (Wildman–Crippen LogP) is 2.92. The molecule has 5 rings (SSSR count). The maximum absolute atomic E-state index is 12.8. The van der Waals surface area contributed by atoms with Crippen LogP contribution in [0.4, 0.5) is 11.4 Å². The van der Waals surface area contributed by atoms with Crippen LogP contribution in [0.3, 0.4) is 0 Å². The molecule has 0 saturated carbocycles. The molecule has 178 valence electrons. The van der Waals surface area contributed by atoms with Gasteiger partial charge in [-0.15, -0.1) is 4.83 Å². The Hall–Kier alpha value is -2.98. The van der Waals surface area contributed by atoms with Crippen LogP contribution in [0, 0.1) is 0 Å². The molecule has 34 heavy (non-hydrogen) atoms. The van der Waals surface area contributed by atoms with E-state index in [4.69, 9.17) is 0 Å². The van der Waals surface area contributed by atoms with Crippen LogP contribution in [0.25, 0.3) is 10.8 Å². The monoisotopic (exact) mass is 479 g/mol. The van der Waals surface area contributed by atoms with Crippen molar-refractivity contribution in [3.8, 4) is 0 Å². The first-order valence-corrected chi connectivity index (χ1v) is 13.0. The molecule has 9 heteroatoms. The van der Waals surface area contributed by atoms with Gasteiger partial charge in [0.1, 0.15) is 0 Å². The van der Waals surface area contributed by atoms with Crippen molar-refractivity contribution in [2.75, 3.05) is 36.4 Å². The van der Waals surface area contributed by atoms with E-state index in [0.717, 1.165) is 40.8 Å². The predicted molar refractivity (Wildman–Crippen MR) is 134 cm³/mol. The first-order valence-electron chi connectivity index (χ1n) is 11.5. The summed E-state index contributed by atoms with van der Waals surface area (Å²) < 4.78 is 25.6. The molecular formula is C25H29N5O3S. The standard InChI is InChI=1S/C25H29N5O3S/c1-17(2)30(23-11-10-22-24-20(23)4-3-5-21(24)25(31)27-22)16-18-6-8-19(9-7-18)34(32,33)28-29-14-12-26-13-15-29/h3-11,17,26,28H,12-16H2,1-2H3,(H,27,31). The highest BCUT2D eigenvalue weighted by Crippen LogP contribution is 2.39.